The van der Waals surface area contributed by atoms with Crippen LogP contribution in [0, 0.1) is 12.7 Å². The summed E-state index contributed by atoms with van der Waals surface area (Å²) in [6, 6.07) is 7.85. The molecular formula is C20H24ClFN4O2S. The van der Waals surface area contributed by atoms with Crippen LogP contribution in [0.1, 0.15) is 33.5 Å². The molecule has 0 aliphatic rings. The third kappa shape index (κ3) is 5.22. The van der Waals surface area contributed by atoms with Crippen LogP contribution in [0.25, 0.3) is 11.3 Å². The van der Waals surface area contributed by atoms with Crippen molar-refractivity contribution in [3.8, 4) is 11.3 Å². The molecule has 2 heterocycles. The quantitative estimate of drug-likeness (QED) is 0.404. The zero-order valence-electron chi connectivity index (χ0n) is 16.4. The van der Waals surface area contributed by atoms with Crippen LogP contribution in [0.2, 0.25) is 5.02 Å². The van der Waals surface area contributed by atoms with E-state index in [2.05, 4.69) is 15.3 Å². The lowest BCUT2D eigenvalue weighted by Crippen LogP contribution is -2.34. The first kappa shape index (κ1) is 21.9. The van der Waals surface area contributed by atoms with Gasteiger partial charge in [0.2, 0.25) is 0 Å². The van der Waals surface area contributed by atoms with E-state index in [1.165, 1.54) is 23.5 Å². The lowest BCUT2D eigenvalue weighted by molar-refractivity contribution is 0.112. The Hall–Kier alpha value is -1.81. The normalized spacial score (nSPS) is 13.8. The molecule has 1 aromatic carbocycles. The van der Waals surface area contributed by atoms with Gasteiger partial charge in [-0.15, -0.1) is 11.3 Å². The summed E-state index contributed by atoms with van der Waals surface area (Å²) in [4.78, 5) is 10.5. The molecule has 9 heteroatoms. The molecule has 0 saturated heterocycles. The topological polar surface area (TPSA) is 84.4 Å². The van der Waals surface area contributed by atoms with Crippen molar-refractivity contribution in [1.29, 1.82) is 0 Å². The second-order valence-corrected chi connectivity index (χ2v) is 8.58. The smallest absolute Gasteiger partial charge is 0.146 e. The number of benzene rings is 1. The summed E-state index contributed by atoms with van der Waals surface area (Å²) in [5, 5.41) is 24.2. The highest BCUT2D eigenvalue weighted by atomic mass is 35.5. The van der Waals surface area contributed by atoms with Gasteiger partial charge in [-0.25, -0.2) is 9.37 Å². The molecular weight excluding hydrogens is 415 g/mol. The largest absolute Gasteiger partial charge is 0.391 e. The number of aromatic amines is 1. The molecule has 0 aliphatic carbocycles. The lowest BCUT2D eigenvalue weighted by atomic mass is 10.1. The van der Waals surface area contributed by atoms with E-state index in [9.17, 15) is 14.6 Å². The lowest BCUT2D eigenvalue weighted by Gasteiger charge is -2.23. The maximum atomic E-state index is 13.7. The zero-order chi connectivity index (χ0) is 21.1. The number of aryl methyl sites for hydroxylation is 1. The summed E-state index contributed by atoms with van der Waals surface area (Å²) in [6.45, 7) is 2.42. The fourth-order valence-electron chi connectivity index (χ4n) is 3.00. The van der Waals surface area contributed by atoms with Crippen molar-refractivity contribution in [2.45, 2.75) is 25.8 Å². The van der Waals surface area contributed by atoms with Crippen molar-refractivity contribution < 1.29 is 14.6 Å². The van der Waals surface area contributed by atoms with Gasteiger partial charge in [-0.1, -0.05) is 17.7 Å². The van der Waals surface area contributed by atoms with Crippen molar-refractivity contribution in [3.05, 3.63) is 62.4 Å². The van der Waals surface area contributed by atoms with Gasteiger partial charge < -0.3 is 20.1 Å². The van der Waals surface area contributed by atoms with Gasteiger partial charge in [-0.05, 0) is 45.3 Å². The van der Waals surface area contributed by atoms with Crippen LogP contribution in [0.5, 0.6) is 0 Å². The average Bonchev–Trinajstić information content (AvgIpc) is 3.30. The number of likely N-dealkylation sites (N-methyl/N-ethyl adjacent to an activating group) is 1. The van der Waals surface area contributed by atoms with Crippen molar-refractivity contribution in [2.75, 3.05) is 20.6 Å². The number of halogens is 2. The number of aliphatic hydroxyl groups excluding tert-OH is 2. The van der Waals surface area contributed by atoms with E-state index in [1.54, 1.807) is 18.2 Å². The summed E-state index contributed by atoms with van der Waals surface area (Å²) < 4.78 is 13.7. The first-order valence-electron chi connectivity index (χ1n) is 9.08. The second-order valence-electron chi connectivity index (χ2n) is 7.06. The Kier molecular flexibility index (Phi) is 7.05. The molecule has 3 aromatic rings. The third-order valence-corrected chi connectivity index (χ3v) is 6.05. The number of hydrogen-bond donors (Lipinski definition) is 4. The molecule has 0 aliphatic heterocycles. The van der Waals surface area contributed by atoms with Crippen molar-refractivity contribution >= 4 is 22.9 Å². The Morgan fingerprint density at radius 1 is 1.31 bits per heavy atom. The number of thiazole rings is 1. The number of hydrogen-bond acceptors (Lipinski definition) is 6. The van der Waals surface area contributed by atoms with Crippen LogP contribution < -0.4 is 5.32 Å². The van der Waals surface area contributed by atoms with Crippen molar-refractivity contribution in [3.63, 3.8) is 0 Å². The van der Waals surface area contributed by atoms with Crippen LogP contribution in [0.3, 0.4) is 0 Å². The molecule has 4 N–H and O–H groups in total. The number of H-pyrrole nitrogens is 1. The molecule has 2 unspecified atom stereocenters. The van der Waals surface area contributed by atoms with Crippen LogP contribution in [0.15, 0.2) is 30.3 Å². The number of rotatable bonds is 8. The molecule has 6 nitrogen and oxygen atoms in total. The Balaban J connectivity index is 1.79. The molecule has 0 fully saturated rings. The Labute approximate surface area is 178 Å². The number of nitrogens with one attached hydrogen (secondary N) is 2. The highest BCUT2D eigenvalue weighted by Gasteiger charge is 2.22. The van der Waals surface area contributed by atoms with Gasteiger partial charge in [0.25, 0.3) is 0 Å². The van der Waals surface area contributed by atoms with Gasteiger partial charge in [0.05, 0.1) is 33.9 Å². The van der Waals surface area contributed by atoms with Gasteiger partial charge in [-0.3, -0.25) is 5.32 Å². The summed E-state index contributed by atoms with van der Waals surface area (Å²) in [5.41, 5.74) is 2.65. The second kappa shape index (κ2) is 9.34. The van der Waals surface area contributed by atoms with E-state index < -0.39 is 12.0 Å². The van der Waals surface area contributed by atoms with E-state index in [0.29, 0.717) is 23.5 Å². The highest BCUT2D eigenvalue weighted by molar-refractivity contribution is 7.11. The first-order chi connectivity index (χ1) is 13.8. The van der Waals surface area contributed by atoms with Crippen LogP contribution in [-0.2, 0) is 6.61 Å². The van der Waals surface area contributed by atoms with Crippen molar-refractivity contribution in [1.82, 2.24) is 20.2 Å². The van der Waals surface area contributed by atoms with Gasteiger partial charge >= 0.3 is 0 Å². The van der Waals surface area contributed by atoms with Crippen molar-refractivity contribution in [2.24, 2.45) is 0 Å². The Morgan fingerprint density at radius 2 is 2.07 bits per heavy atom. The molecule has 0 bridgehead atoms. The van der Waals surface area contributed by atoms with Crippen LogP contribution >= 0.6 is 22.9 Å². The van der Waals surface area contributed by atoms with E-state index in [1.807, 2.05) is 25.9 Å². The van der Waals surface area contributed by atoms with E-state index >= 15 is 0 Å². The molecule has 3 rings (SSSR count). The number of aliphatic hydroxyl groups is 2. The minimum absolute atomic E-state index is 0.0572. The van der Waals surface area contributed by atoms with Gasteiger partial charge in [0, 0.05) is 17.8 Å². The Morgan fingerprint density at radius 3 is 2.69 bits per heavy atom. The summed E-state index contributed by atoms with van der Waals surface area (Å²) in [6.07, 6.45) is -0.979. The fourth-order valence-corrected chi connectivity index (χ4v) is 4.09. The van der Waals surface area contributed by atoms with E-state index in [-0.39, 0.29) is 17.7 Å². The molecule has 0 spiro atoms. The minimum atomic E-state index is -0.979. The van der Waals surface area contributed by atoms with Gasteiger partial charge in [0.1, 0.15) is 17.1 Å². The highest BCUT2D eigenvalue weighted by Crippen LogP contribution is 2.28. The molecule has 156 valence electrons. The molecule has 2 aromatic heterocycles. The van der Waals surface area contributed by atoms with Gasteiger partial charge in [-0.2, -0.15) is 0 Å². The van der Waals surface area contributed by atoms with Gasteiger partial charge in [0.15, 0.2) is 0 Å². The SMILES string of the molecule is Cc1nc(C(CN(C)C)NC(O)c2ccc(-c3ccc(Cl)c(F)c3)[nH]2)sc1CO. The van der Waals surface area contributed by atoms with Crippen LogP contribution in [0.4, 0.5) is 4.39 Å². The fraction of sp³-hybridized carbons (Fsp3) is 0.350. The molecule has 29 heavy (non-hydrogen) atoms. The minimum Gasteiger partial charge on any atom is -0.391 e. The van der Waals surface area contributed by atoms with E-state index in [0.717, 1.165) is 15.6 Å². The first-order valence-corrected chi connectivity index (χ1v) is 10.3. The zero-order valence-corrected chi connectivity index (χ0v) is 18.0. The molecule has 0 amide bonds. The summed E-state index contributed by atoms with van der Waals surface area (Å²) in [5.74, 6) is -0.496. The maximum Gasteiger partial charge on any atom is 0.146 e. The summed E-state index contributed by atoms with van der Waals surface area (Å²) in [7, 11) is 3.88. The van der Waals surface area contributed by atoms with Crippen LogP contribution in [-0.4, -0.2) is 45.7 Å². The standard InChI is InChI=1S/C20H24ClFN4O2S/c1-11-18(10-27)29-20(23-11)17(9-26(2)3)25-19(28)16-7-6-15(24-16)12-4-5-13(21)14(22)8-12/h4-8,17,19,24-25,27-28H,9-10H2,1-3H3. The average molecular weight is 439 g/mol. The monoisotopic (exact) mass is 438 g/mol. The molecule has 2 atom stereocenters. The predicted molar refractivity (Wildman–Crippen MR) is 113 cm³/mol. The number of aromatic nitrogens is 2. The third-order valence-electron chi connectivity index (χ3n) is 4.49. The number of nitrogens with zero attached hydrogens (tertiary/aromatic N) is 2. The summed E-state index contributed by atoms with van der Waals surface area (Å²) >= 11 is 7.17. The van der Waals surface area contributed by atoms with E-state index in [4.69, 9.17) is 11.6 Å². The molecule has 0 saturated carbocycles. The Bertz CT molecular complexity index is 975. The maximum absolute atomic E-state index is 13.7. The molecule has 0 radical (unpaired) electrons. The predicted octanol–water partition coefficient (Wildman–Crippen LogP) is 3.61.